The van der Waals surface area contributed by atoms with Gasteiger partial charge in [0.25, 0.3) is 0 Å². The van der Waals surface area contributed by atoms with Crippen LogP contribution in [0, 0.1) is 0 Å². The molecule has 174 valence electrons. The summed E-state index contributed by atoms with van der Waals surface area (Å²) in [5, 5.41) is 18.4. The van der Waals surface area contributed by atoms with Gasteiger partial charge in [0.2, 0.25) is 0 Å². The smallest absolute Gasteiger partial charge is 0.303 e. The first-order valence-electron chi connectivity index (χ1n) is 12.0. The first-order chi connectivity index (χ1) is 14.6. The fraction of sp³-hybridized carbons (Fsp3) is 0.731. The highest BCUT2D eigenvalue weighted by Gasteiger charge is 2.03. The van der Waals surface area contributed by atoms with Gasteiger partial charge in [-0.1, -0.05) is 108 Å². The predicted molar refractivity (Wildman–Crippen MR) is 126 cm³/mol. The van der Waals surface area contributed by atoms with E-state index in [1.807, 2.05) is 30.3 Å². The molecule has 0 aliphatic rings. The molecule has 0 saturated carbocycles. The molecule has 0 fully saturated rings. The average molecular weight is 423 g/mol. The number of carbonyl (C=O) groups is 1. The van der Waals surface area contributed by atoms with Crippen LogP contribution in [0.3, 0.4) is 0 Å². The van der Waals surface area contributed by atoms with Gasteiger partial charge in [0.1, 0.15) is 0 Å². The molecular weight excluding hydrogens is 376 g/mol. The number of rotatable bonds is 18. The lowest BCUT2D eigenvalue weighted by molar-refractivity contribution is -0.137. The van der Waals surface area contributed by atoms with E-state index in [1.165, 1.54) is 56.9 Å². The van der Waals surface area contributed by atoms with Crippen LogP contribution in [0.5, 0.6) is 0 Å². The van der Waals surface area contributed by atoms with Crippen molar-refractivity contribution in [1.29, 1.82) is 0 Å². The average Bonchev–Trinajstić information content (AvgIpc) is 2.74. The molecule has 0 aliphatic carbocycles. The SMILES string of the molecule is CCCCCCC(O)CCCCCCCCCCC(=O)O.COCc1ccccc1. The van der Waals surface area contributed by atoms with E-state index in [9.17, 15) is 9.90 Å². The maximum absolute atomic E-state index is 10.3. The molecule has 0 bridgehead atoms. The molecule has 0 radical (unpaired) electrons. The van der Waals surface area contributed by atoms with Gasteiger partial charge in [0, 0.05) is 13.5 Å². The van der Waals surface area contributed by atoms with E-state index in [1.54, 1.807) is 7.11 Å². The zero-order chi connectivity index (χ0) is 22.3. The number of aliphatic carboxylic acids is 1. The Morgan fingerprint density at radius 1 is 0.833 bits per heavy atom. The Morgan fingerprint density at radius 3 is 1.83 bits per heavy atom. The molecule has 0 heterocycles. The van der Waals surface area contributed by atoms with Crippen LogP contribution in [0.15, 0.2) is 30.3 Å². The highest BCUT2D eigenvalue weighted by Crippen LogP contribution is 2.14. The summed E-state index contributed by atoms with van der Waals surface area (Å²) in [6.07, 6.45) is 16.3. The molecule has 30 heavy (non-hydrogen) atoms. The molecule has 1 aromatic carbocycles. The summed E-state index contributed by atoms with van der Waals surface area (Å²) < 4.78 is 4.93. The number of methoxy groups -OCH3 is 1. The zero-order valence-electron chi connectivity index (χ0n) is 19.5. The number of aliphatic hydroxyl groups excluding tert-OH is 1. The molecule has 0 spiro atoms. The summed E-state index contributed by atoms with van der Waals surface area (Å²) in [5.41, 5.74) is 1.22. The third kappa shape index (κ3) is 21.3. The van der Waals surface area contributed by atoms with E-state index >= 15 is 0 Å². The Kier molecular flexibility index (Phi) is 21.3. The lowest BCUT2D eigenvalue weighted by Crippen LogP contribution is -2.05. The van der Waals surface area contributed by atoms with Gasteiger partial charge in [0.05, 0.1) is 12.7 Å². The zero-order valence-corrected chi connectivity index (χ0v) is 19.5. The Hall–Kier alpha value is -1.39. The Labute approximate surface area is 185 Å². The van der Waals surface area contributed by atoms with Crippen molar-refractivity contribution < 1.29 is 19.7 Å². The van der Waals surface area contributed by atoms with Gasteiger partial charge in [-0.3, -0.25) is 4.79 Å². The van der Waals surface area contributed by atoms with Crippen LogP contribution < -0.4 is 0 Å². The van der Waals surface area contributed by atoms with Gasteiger partial charge >= 0.3 is 5.97 Å². The second-order valence-electron chi connectivity index (χ2n) is 8.18. The monoisotopic (exact) mass is 422 g/mol. The Balaban J connectivity index is 0.000000769. The second kappa shape index (κ2) is 22.3. The minimum atomic E-state index is -0.678. The number of aliphatic hydroxyl groups is 1. The van der Waals surface area contributed by atoms with Crippen molar-refractivity contribution in [3.8, 4) is 0 Å². The van der Waals surface area contributed by atoms with Crippen molar-refractivity contribution in [1.82, 2.24) is 0 Å². The van der Waals surface area contributed by atoms with E-state index < -0.39 is 5.97 Å². The predicted octanol–water partition coefficient (Wildman–Crippen LogP) is 7.14. The minimum Gasteiger partial charge on any atom is -0.481 e. The number of carboxylic acid groups (broad SMARTS) is 1. The first-order valence-corrected chi connectivity index (χ1v) is 12.0. The van der Waals surface area contributed by atoms with Gasteiger partial charge in [-0.15, -0.1) is 0 Å². The summed E-state index contributed by atoms with van der Waals surface area (Å²) in [4.78, 5) is 10.3. The maximum Gasteiger partial charge on any atom is 0.303 e. The van der Waals surface area contributed by atoms with E-state index in [-0.39, 0.29) is 6.10 Å². The van der Waals surface area contributed by atoms with Crippen LogP contribution in [-0.4, -0.2) is 29.4 Å². The van der Waals surface area contributed by atoms with Crippen molar-refractivity contribution in [2.75, 3.05) is 7.11 Å². The lowest BCUT2D eigenvalue weighted by Gasteiger charge is -2.10. The largest absolute Gasteiger partial charge is 0.481 e. The second-order valence-corrected chi connectivity index (χ2v) is 8.18. The molecule has 1 unspecified atom stereocenters. The van der Waals surface area contributed by atoms with Crippen LogP contribution in [0.25, 0.3) is 0 Å². The van der Waals surface area contributed by atoms with Gasteiger partial charge < -0.3 is 14.9 Å². The quantitative estimate of drug-likeness (QED) is 0.247. The molecule has 0 saturated heterocycles. The number of benzene rings is 1. The molecule has 4 heteroatoms. The van der Waals surface area contributed by atoms with Gasteiger partial charge in [-0.2, -0.15) is 0 Å². The number of carboxylic acids is 1. The third-order valence-corrected chi connectivity index (χ3v) is 5.22. The van der Waals surface area contributed by atoms with Gasteiger partial charge in [-0.25, -0.2) is 0 Å². The number of hydrogen-bond acceptors (Lipinski definition) is 3. The minimum absolute atomic E-state index is 0.0853. The van der Waals surface area contributed by atoms with Crippen LogP contribution in [0.2, 0.25) is 0 Å². The van der Waals surface area contributed by atoms with Crippen molar-refractivity contribution in [3.05, 3.63) is 35.9 Å². The standard InChI is InChI=1S/C18H36O3.C8H10O/c1-2-3-4-11-14-17(19)15-12-9-7-5-6-8-10-13-16-18(20)21;1-9-7-8-5-3-2-4-6-8/h17,19H,2-16H2,1H3,(H,20,21);2-6H,7H2,1H3. The Bertz CT molecular complexity index is 475. The number of hydrogen-bond donors (Lipinski definition) is 2. The van der Waals surface area contributed by atoms with Gasteiger partial charge in [-0.05, 0) is 24.8 Å². The number of unbranched alkanes of at least 4 members (excludes halogenated alkanes) is 10. The van der Waals surface area contributed by atoms with Crippen molar-refractivity contribution in [2.24, 2.45) is 0 Å². The van der Waals surface area contributed by atoms with Crippen LogP contribution in [-0.2, 0) is 16.1 Å². The fourth-order valence-electron chi connectivity index (χ4n) is 3.41. The van der Waals surface area contributed by atoms with Gasteiger partial charge in [0.15, 0.2) is 0 Å². The van der Waals surface area contributed by atoms with Crippen LogP contribution in [0.4, 0.5) is 0 Å². The summed E-state index contributed by atoms with van der Waals surface area (Å²) in [5.74, 6) is -0.678. The molecule has 0 amide bonds. The topological polar surface area (TPSA) is 66.8 Å². The highest BCUT2D eigenvalue weighted by atomic mass is 16.5. The van der Waals surface area contributed by atoms with Crippen molar-refractivity contribution in [2.45, 2.75) is 116 Å². The molecule has 0 aliphatic heterocycles. The normalized spacial score (nSPS) is 11.6. The van der Waals surface area contributed by atoms with Crippen LogP contribution in [0.1, 0.15) is 109 Å². The molecule has 2 N–H and O–H groups in total. The van der Waals surface area contributed by atoms with Crippen molar-refractivity contribution >= 4 is 5.97 Å². The lowest BCUT2D eigenvalue weighted by atomic mass is 10.0. The first kappa shape index (κ1) is 28.6. The molecule has 1 rings (SSSR count). The molecular formula is C26H46O4. The molecule has 4 nitrogen and oxygen atoms in total. The molecule has 1 aromatic rings. The Morgan fingerprint density at radius 2 is 1.33 bits per heavy atom. The fourth-order valence-corrected chi connectivity index (χ4v) is 3.41. The highest BCUT2D eigenvalue weighted by molar-refractivity contribution is 5.66. The van der Waals surface area contributed by atoms with Crippen LogP contribution >= 0.6 is 0 Å². The van der Waals surface area contributed by atoms with E-state index in [0.29, 0.717) is 13.0 Å². The molecule has 0 aromatic heterocycles. The van der Waals surface area contributed by atoms with Crippen molar-refractivity contribution in [3.63, 3.8) is 0 Å². The third-order valence-electron chi connectivity index (χ3n) is 5.22. The number of ether oxygens (including phenoxy) is 1. The summed E-state index contributed by atoms with van der Waals surface area (Å²) in [6.45, 7) is 2.92. The summed E-state index contributed by atoms with van der Waals surface area (Å²) in [6, 6.07) is 10.1. The van der Waals surface area contributed by atoms with E-state index in [2.05, 4.69) is 6.92 Å². The van der Waals surface area contributed by atoms with E-state index in [0.717, 1.165) is 38.5 Å². The summed E-state index contributed by atoms with van der Waals surface area (Å²) in [7, 11) is 1.70. The maximum atomic E-state index is 10.3. The van der Waals surface area contributed by atoms with E-state index in [4.69, 9.17) is 9.84 Å². The summed E-state index contributed by atoms with van der Waals surface area (Å²) >= 11 is 0. The molecule has 1 atom stereocenters.